The Morgan fingerprint density at radius 3 is 2.41 bits per heavy atom. The highest BCUT2D eigenvalue weighted by Gasteiger charge is 2.32. The Balaban J connectivity index is 1.51. The number of aromatic nitrogens is 1. The topological polar surface area (TPSA) is 51.3 Å². The van der Waals surface area contributed by atoms with Crippen molar-refractivity contribution in [3.63, 3.8) is 0 Å². The van der Waals surface area contributed by atoms with Gasteiger partial charge in [-0.3, -0.25) is 0 Å². The number of hydrogen-bond donors (Lipinski definition) is 1. The molecule has 7 heteroatoms. The number of fused-ring (bicyclic) bond motifs is 2. The van der Waals surface area contributed by atoms with Crippen LogP contribution in [-0.2, 0) is 27.1 Å². The number of esters is 1. The number of carbonyl (C=O) groups excluding carboxylic acids is 1. The van der Waals surface area contributed by atoms with E-state index in [0.29, 0.717) is 12.0 Å². The summed E-state index contributed by atoms with van der Waals surface area (Å²) < 4.78 is 46.9. The minimum atomic E-state index is -4.52. The van der Waals surface area contributed by atoms with E-state index in [-0.39, 0.29) is 6.42 Å². The number of methoxy groups -OCH3 is 1. The molecule has 1 atom stereocenters. The van der Waals surface area contributed by atoms with Gasteiger partial charge >= 0.3 is 12.1 Å². The molecule has 166 valence electrons. The van der Waals surface area contributed by atoms with Crippen molar-refractivity contribution in [2.75, 3.05) is 13.7 Å². The molecule has 0 aliphatic carbocycles. The maximum atomic E-state index is 12.5. The van der Waals surface area contributed by atoms with E-state index < -0.39 is 24.9 Å². The Morgan fingerprint density at radius 1 is 0.938 bits per heavy atom. The van der Waals surface area contributed by atoms with Gasteiger partial charge in [-0.15, -0.1) is 0 Å². The Morgan fingerprint density at radius 2 is 1.66 bits per heavy atom. The summed E-state index contributed by atoms with van der Waals surface area (Å²) in [5.41, 5.74) is 3.79. The SMILES string of the molecule is COC(=O)C(Cc1ccc2[nH]c(Cc3ccc4ccccc4c3)cc2c1)OCC(F)(F)F. The van der Waals surface area contributed by atoms with Crippen LogP contribution in [0.2, 0.25) is 0 Å². The Kier molecular flexibility index (Phi) is 6.19. The van der Waals surface area contributed by atoms with Crippen LogP contribution in [0.25, 0.3) is 21.7 Å². The fraction of sp³-hybridized carbons (Fsp3) is 0.240. The lowest BCUT2D eigenvalue weighted by atomic mass is 10.0. The first-order chi connectivity index (χ1) is 15.3. The van der Waals surface area contributed by atoms with E-state index in [1.807, 2.05) is 30.3 Å². The zero-order valence-corrected chi connectivity index (χ0v) is 17.4. The standard InChI is InChI=1S/C25H22F3NO3/c1-31-24(30)23(32-15-25(26,27)28)13-17-7-9-22-20(11-17)14-21(29-22)12-16-6-8-18-4-2-3-5-19(18)10-16/h2-11,14,23,29H,12-13,15H2,1H3. The number of rotatable bonds is 7. The summed E-state index contributed by atoms with van der Waals surface area (Å²) in [5.74, 6) is -0.833. The highest BCUT2D eigenvalue weighted by Crippen LogP contribution is 2.23. The molecule has 0 aliphatic heterocycles. The van der Waals surface area contributed by atoms with Gasteiger partial charge in [0.15, 0.2) is 6.10 Å². The third-order valence-corrected chi connectivity index (χ3v) is 5.28. The van der Waals surface area contributed by atoms with Crippen LogP contribution in [-0.4, -0.2) is 37.0 Å². The molecule has 1 heterocycles. The van der Waals surface area contributed by atoms with Gasteiger partial charge in [0.1, 0.15) is 6.61 Å². The Labute approximate surface area is 183 Å². The lowest BCUT2D eigenvalue weighted by Crippen LogP contribution is -2.32. The van der Waals surface area contributed by atoms with Gasteiger partial charge in [0.2, 0.25) is 0 Å². The third kappa shape index (κ3) is 5.29. The number of alkyl halides is 3. The number of aromatic amines is 1. The van der Waals surface area contributed by atoms with Crippen molar-refractivity contribution in [2.45, 2.75) is 25.1 Å². The molecule has 0 radical (unpaired) electrons. The smallest absolute Gasteiger partial charge is 0.411 e. The number of nitrogens with one attached hydrogen (secondary N) is 1. The van der Waals surface area contributed by atoms with E-state index in [0.717, 1.165) is 23.7 Å². The maximum Gasteiger partial charge on any atom is 0.411 e. The monoisotopic (exact) mass is 441 g/mol. The highest BCUT2D eigenvalue weighted by atomic mass is 19.4. The lowest BCUT2D eigenvalue weighted by Gasteiger charge is -2.17. The van der Waals surface area contributed by atoms with Gasteiger partial charge in [-0.2, -0.15) is 13.2 Å². The fourth-order valence-corrected chi connectivity index (χ4v) is 3.78. The molecule has 0 fully saturated rings. The van der Waals surface area contributed by atoms with Gasteiger partial charge in [-0.05, 0) is 45.5 Å². The van der Waals surface area contributed by atoms with Gasteiger partial charge in [0.05, 0.1) is 7.11 Å². The zero-order chi connectivity index (χ0) is 22.7. The summed E-state index contributed by atoms with van der Waals surface area (Å²) in [5, 5.41) is 3.28. The van der Waals surface area contributed by atoms with Crippen LogP contribution in [0, 0.1) is 0 Å². The first-order valence-electron chi connectivity index (χ1n) is 10.1. The predicted octanol–water partition coefficient (Wildman–Crippen LogP) is 5.57. The number of carbonyl (C=O) groups is 1. The van der Waals surface area contributed by atoms with E-state index in [1.165, 1.54) is 16.3 Å². The second kappa shape index (κ2) is 9.04. The average Bonchev–Trinajstić information content (AvgIpc) is 3.16. The zero-order valence-electron chi connectivity index (χ0n) is 17.4. The minimum absolute atomic E-state index is 0.0100. The van der Waals surface area contributed by atoms with Crippen LogP contribution < -0.4 is 0 Å². The first kappa shape index (κ1) is 21.9. The summed E-state index contributed by atoms with van der Waals surface area (Å²) in [4.78, 5) is 15.3. The first-order valence-corrected chi connectivity index (χ1v) is 10.1. The van der Waals surface area contributed by atoms with Crippen molar-refractivity contribution >= 4 is 27.6 Å². The summed E-state index contributed by atoms with van der Waals surface area (Å²) in [6.07, 6.45) is -5.14. The number of halogens is 3. The van der Waals surface area contributed by atoms with Crippen molar-refractivity contribution in [3.8, 4) is 0 Å². The van der Waals surface area contributed by atoms with Crippen molar-refractivity contribution in [3.05, 3.63) is 83.6 Å². The number of H-pyrrole nitrogens is 1. The van der Waals surface area contributed by atoms with E-state index in [9.17, 15) is 18.0 Å². The van der Waals surface area contributed by atoms with E-state index in [4.69, 9.17) is 4.74 Å². The van der Waals surface area contributed by atoms with E-state index >= 15 is 0 Å². The predicted molar refractivity (Wildman–Crippen MR) is 117 cm³/mol. The summed E-state index contributed by atoms with van der Waals surface area (Å²) in [7, 11) is 1.13. The molecule has 1 aromatic heterocycles. The molecule has 3 aromatic carbocycles. The fourth-order valence-electron chi connectivity index (χ4n) is 3.78. The Bertz CT molecular complexity index is 1250. The van der Waals surface area contributed by atoms with Crippen molar-refractivity contribution in [1.29, 1.82) is 0 Å². The maximum absolute atomic E-state index is 12.5. The number of ether oxygens (including phenoxy) is 2. The molecule has 0 saturated carbocycles. The molecule has 32 heavy (non-hydrogen) atoms. The van der Waals surface area contributed by atoms with Gasteiger partial charge in [-0.1, -0.05) is 48.5 Å². The molecular weight excluding hydrogens is 419 g/mol. The molecule has 0 spiro atoms. The normalized spacial score (nSPS) is 12.9. The minimum Gasteiger partial charge on any atom is -0.467 e. The van der Waals surface area contributed by atoms with E-state index in [1.54, 1.807) is 6.07 Å². The molecule has 4 rings (SSSR count). The largest absolute Gasteiger partial charge is 0.467 e. The van der Waals surface area contributed by atoms with Crippen LogP contribution in [0.15, 0.2) is 66.7 Å². The van der Waals surface area contributed by atoms with Gasteiger partial charge in [-0.25, -0.2) is 4.79 Å². The second-order valence-electron chi connectivity index (χ2n) is 7.72. The van der Waals surface area contributed by atoms with Crippen molar-refractivity contribution < 1.29 is 27.4 Å². The molecule has 4 aromatic rings. The summed E-state index contributed by atoms with van der Waals surface area (Å²) in [6, 6.07) is 22.0. The molecule has 1 unspecified atom stereocenters. The molecule has 0 saturated heterocycles. The van der Waals surface area contributed by atoms with Crippen molar-refractivity contribution in [2.24, 2.45) is 0 Å². The van der Waals surface area contributed by atoms with Crippen LogP contribution in [0.3, 0.4) is 0 Å². The summed E-state index contributed by atoms with van der Waals surface area (Å²) in [6.45, 7) is -1.50. The van der Waals surface area contributed by atoms with Crippen LogP contribution in [0.4, 0.5) is 13.2 Å². The van der Waals surface area contributed by atoms with Gasteiger partial charge < -0.3 is 14.5 Å². The summed E-state index contributed by atoms with van der Waals surface area (Å²) >= 11 is 0. The number of benzene rings is 3. The molecule has 0 aliphatic rings. The van der Waals surface area contributed by atoms with Gasteiger partial charge in [0.25, 0.3) is 0 Å². The quantitative estimate of drug-likeness (QED) is 0.381. The second-order valence-corrected chi connectivity index (χ2v) is 7.72. The van der Waals surface area contributed by atoms with Gasteiger partial charge in [0, 0.05) is 24.1 Å². The van der Waals surface area contributed by atoms with Crippen molar-refractivity contribution in [1.82, 2.24) is 4.98 Å². The Hall–Kier alpha value is -3.32. The van der Waals surface area contributed by atoms with Crippen LogP contribution >= 0.6 is 0 Å². The molecule has 0 amide bonds. The van der Waals surface area contributed by atoms with Crippen LogP contribution in [0.5, 0.6) is 0 Å². The molecule has 4 nitrogen and oxygen atoms in total. The number of hydrogen-bond acceptors (Lipinski definition) is 3. The van der Waals surface area contributed by atoms with Crippen LogP contribution in [0.1, 0.15) is 16.8 Å². The lowest BCUT2D eigenvalue weighted by molar-refractivity contribution is -0.193. The average molecular weight is 441 g/mol. The molecule has 0 bridgehead atoms. The molecular formula is C25H22F3NO3. The third-order valence-electron chi connectivity index (χ3n) is 5.28. The van der Waals surface area contributed by atoms with E-state index in [2.05, 4.69) is 40.1 Å². The molecule has 1 N–H and O–H groups in total. The highest BCUT2D eigenvalue weighted by molar-refractivity contribution is 5.84.